The van der Waals surface area contributed by atoms with E-state index in [-0.39, 0.29) is 4.90 Å². The van der Waals surface area contributed by atoms with E-state index in [0.717, 1.165) is 5.56 Å². The lowest BCUT2D eigenvalue weighted by molar-refractivity contribution is 0.113. The number of aliphatic hydroxyl groups excluding tert-OH is 1. The normalized spacial score (nSPS) is 16.5. The van der Waals surface area contributed by atoms with Crippen LogP contribution in [-0.4, -0.2) is 47.0 Å². The summed E-state index contributed by atoms with van der Waals surface area (Å²) in [6.45, 7) is 4.33. The lowest BCUT2D eigenvalue weighted by Crippen LogP contribution is -2.39. The number of hydrogen-bond donors (Lipinski definition) is 2. The van der Waals surface area contributed by atoms with E-state index < -0.39 is 16.1 Å². The lowest BCUT2D eigenvalue weighted by Gasteiger charge is -2.28. The predicted molar refractivity (Wildman–Crippen MR) is 95.8 cm³/mol. The van der Waals surface area contributed by atoms with Crippen molar-refractivity contribution in [3.8, 4) is 0 Å². The fourth-order valence-electron chi connectivity index (χ4n) is 2.58. The second-order valence-electron chi connectivity index (χ2n) is 5.83. The summed E-state index contributed by atoms with van der Waals surface area (Å²) in [6, 6.07) is 6.47. The van der Waals surface area contributed by atoms with Gasteiger partial charge in [0.25, 0.3) is 0 Å². The summed E-state index contributed by atoms with van der Waals surface area (Å²) >= 11 is 0. The molecule has 0 atom stereocenters. The van der Waals surface area contributed by atoms with Crippen LogP contribution >= 0.6 is 0 Å². The van der Waals surface area contributed by atoms with Gasteiger partial charge in [-0.15, -0.1) is 0 Å². The third-order valence-electron chi connectivity index (χ3n) is 4.08. The number of aromatic nitrogens is 2. The van der Waals surface area contributed by atoms with Gasteiger partial charge in [-0.05, 0) is 37.1 Å². The van der Waals surface area contributed by atoms with Crippen molar-refractivity contribution in [1.29, 1.82) is 0 Å². The zero-order valence-electron chi connectivity index (χ0n) is 13.7. The molecule has 1 saturated heterocycles. The Morgan fingerprint density at radius 3 is 2.32 bits per heavy atom. The van der Waals surface area contributed by atoms with Crippen LogP contribution in [0.25, 0.3) is 6.08 Å². The van der Waals surface area contributed by atoms with E-state index in [0.29, 0.717) is 37.6 Å². The monoisotopic (exact) mass is 360 g/mol. The van der Waals surface area contributed by atoms with Crippen LogP contribution in [0.3, 0.4) is 0 Å². The molecule has 3 rings (SSSR count). The third-order valence-corrected chi connectivity index (χ3v) is 5.99. The highest BCUT2D eigenvalue weighted by Crippen LogP contribution is 2.23. The Bertz CT molecular complexity index is 827. The second-order valence-corrected chi connectivity index (χ2v) is 7.77. The summed E-state index contributed by atoms with van der Waals surface area (Å²) in [4.78, 5) is 8.54. The fourth-order valence-corrected chi connectivity index (χ4v) is 4.05. The average Bonchev–Trinajstić information content (AvgIpc) is 2.63. The zero-order chi connectivity index (χ0) is 17.9. The zero-order valence-corrected chi connectivity index (χ0v) is 14.5. The van der Waals surface area contributed by atoms with E-state index in [4.69, 9.17) is 0 Å². The number of rotatable bonds is 5. The first-order valence-corrected chi connectivity index (χ1v) is 9.43. The molecule has 132 valence electrons. The van der Waals surface area contributed by atoms with Crippen LogP contribution in [0.2, 0.25) is 0 Å². The van der Waals surface area contributed by atoms with Crippen LogP contribution in [0.4, 0.5) is 11.6 Å². The molecular weight excluding hydrogens is 340 g/mol. The summed E-state index contributed by atoms with van der Waals surface area (Å²) < 4.78 is 26.7. The number of anilines is 2. The van der Waals surface area contributed by atoms with Gasteiger partial charge in [0.15, 0.2) is 0 Å². The summed E-state index contributed by atoms with van der Waals surface area (Å²) in [7, 11) is -3.53. The molecule has 2 heterocycles. The number of aliphatic hydroxyl groups is 1. The third kappa shape index (κ3) is 4.04. The second kappa shape index (κ2) is 7.30. The molecule has 1 aliphatic heterocycles. The Balaban J connectivity index is 1.71. The van der Waals surface area contributed by atoms with Gasteiger partial charge in [-0.2, -0.15) is 4.31 Å². The first kappa shape index (κ1) is 17.5. The van der Waals surface area contributed by atoms with E-state index in [2.05, 4.69) is 21.9 Å². The van der Waals surface area contributed by atoms with Crippen molar-refractivity contribution >= 4 is 27.7 Å². The Hall–Kier alpha value is -2.29. The van der Waals surface area contributed by atoms with Gasteiger partial charge in [-0.3, -0.25) is 0 Å². The minimum atomic E-state index is -3.53. The molecule has 0 spiro atoms. The Morgan fingerprint density at radius 2 is 1.76 bits per heavy atom. The maximum atomic E-state index is 12.6. The van der Waals surface area contributed by atoms with Crippen molar-refractivity contribution in [1.82, 2.24) is 14.3 Å². The summed E-state index contributed by atoms with van der Waals surface area (Å²) in [5, 5.41) is 12.5. The molecule has 1 aromatic heterocycles. The summed E-state index contributed by atoms with van der Waals surface area (Å²) in [5.74, 6) is 0.422. The number of hydrogen-bond acceptors (Lipinski definition) is 6. The molecule has 0 bridgehead atoms. The van der Waals surface area contributed by atoms with E-state index >= 15 is 0 Å². The molecule has 1 aliphatic rings. The molecular formula is C17H20N4O3S. The molecule has 8 heteroatoms. The van der Waals surface area contributed by atoms with E-state index in [1.54, 1.807) is 42.7 Å². The van der Waals surface area contributed by atoms with E-state index in [9.17, 15) is 13.5 Å². The molecule has 1 aromatic carbocycles. The highest BCUT2D eigenvalue weighted by Gasteiger charge is 2.28. The Labute approximate surface area is 147 Å². The highest BCUT2D eigenvalue weighted by molar-refractivity contribution is 7.89. The predicted octanol–water partition coefficient (Wildman–Crippen LogP) is 2.01. The smallest absolute Gasteiger partial charge is 0.243 e. The molecule has 2 N–H and O–H groups in total. The molecule has 7 nitrogen and oxygen atoms in total. The van der Waals surface area contributed by atoms with Crippen LogP contribution in [-0.2, 0) is 10.0 Å². The van der Waals surface area contributed by atoms with Gasteiger partial charge >= 0.3 is 0 Å². The maximum absolute atomic E-state index is 12.6. The Morgan fingerprint density at radius 1 is 1.16 bits per heavy atom. The minimum Gasteiger partial charge on any atom is -0.393 e. The summed E-state index contributed by atoms with van der Waals surface area (Å²) in [6.07, 6.45) is 5.47. The number of nitrogens with one attached hydrogen (secondary N) is 1. The van der Waals surface area contributed by atoms with Gasteiger partial charge in [-0.1, -0.05) is 12.7 Å². The van der Waals surface area contributed by atoms with Crippen molar-refractivity contribution in [3.63, 3.8) is 0 Å². The standard InChI is InChI=1S/C17H20N4O3S/c1-2-13-11-18-17(19-12-13)20-14-3-5-16(6-4-14)25(23,24)21-9-7-15(22)8-10-21/h2-6,11-12,15,22H,1,7-10H2,(H,18,19,20). The largest absolute Gasteiger partial charge is 0.393 e. The van der Waals surface area contributed by atoms with E-state index in [1.807, 2.05) is 0 Å². The minimum absolute atomic E-state index is 0.234. The van der Waals surface area contributed by atoms with Crippen LogP contribution in [0.1, 0.15) is 18.4 Å². The van der Waals surface area contributed by atoms with Crippen molar-refractivity contribution in [2.75, 3.05) is 18.4 Å². The van der Waals surface area contributed by atoms with Crippen molar-refractivity contribution in [2.45, 2.75) is 23.8 Å². The van der Waals surface area contributed by atoms with Gasteiger partial charge in [0, 0.05) is 36.7 Å². The van der Waals surface area contributed by atoms with Crippen LogP contribution in [0.5, 0.6) is 0 Å². The SMILES string of the molecule is C=Cc1cnc(Nc2ccc(S(=O)(=O)N3CCC(O)CC3)cc2)nc1. The van der Waals surface area contributed by atoms with Gasteiger partial charge in [0.05, 0.1) is 11.0 Å². The number of sulfonamides is 1. The Kier molecular flexibility index (Phi) is 5.12. The van der Waals surface area contributed by atoms with Crippen molar-refractivity contribution in [2.24, 2.45) is 0 Å². The van der Waals surface area contributed by atoms with Crippen molar-refractivity contribution in [3.05, 3.63) is 48.8 Å². The number of benzene rings is 1. The molecule has 0 aliphatic carbocycles. The molecule has 0 saturated carbocycles. The van der Waals surface area contributed by atoms with Crippen molar-refractivity contribution < 1.29 is 13.5 Å². The van der Waals surface area contributed by atoms with Crippen LogP contribution < -0.4 is 5.32 Å². The van der Waals surface area contributed by atoms with Crippen LogP contribution in [0.15, 0.2) is 48.1 Å². The molecule has 25 heavy (non-hydrogen) atoms. The van der Waals surface area contributed by atoms with Gasteiger partial charge in [0.1, 0.15) is 0 Å². The highest BCUT2D eigenvalue weighted by atomic mass is 32.2. The van der Waals surface area contributed by atoms with Gasteiger partial charge in [0.2, 0.25) is 16.0 Å². The van der Waals surface area contributed by atoms with Crippen LogP contribution in [0, 0.1) is 0 Å². The molecule has 0 unspecified atom stereocenters. The van der Waals surface area contributed by atoms with Gasteiger partial charge in [-0.25, -0.2) is 18.4 Å². The first-order valence-electron chi connectivity index (χ1n) is 7.99. The first-order chi connectivity index (χ1) is 12.0. The maximum Gasteiger partial charge on any atom is 0.243 e. The lowest BCUT2D eigenvalue weighted by atomic mass is 10.1. The number of nitrogens with zero attached hydrogens (tertiary/aromatic N) is 3. The molecule has 1 fully saturated rings. The molecule has 0 amide bonds. The molecule has 0 radical (unpaired) electrons. The van der Waals surface area contributed by atoms with Gasteiger partial charge < -0.3 is 10.4 Å². The molecule has 2 aromatic rings. The average molecular weight is 360 g/mol. The fraction of sp³-hybridized carbons (Fsp3) is 0.294. The quantitative estimate of drug-likeness (QED) is 0.847. The van der Waals surface area contributed by atoms with E-state index in [1.165, 1.54) is 4.31 Å². The summed E-state index contributed by atoms with van der Waals surface area (Å²) in [5.41, 5.74) is 1.51. The number of piperidine rings is 1. The topological polar surface area (TPSA) is 95.4 Å².